The van der Waals surface area contributed by atoms with Crippen molar-refractivity contribution in [3.63, 3.8) is 0 Å². The summed E-state index contributed by atoms with van der Waals surface area (Å²) in [5.74, 6) is -0.937. The lowest BCUT2D eigenvalue weighted by Gasteiger charge is -2.18. The van der Waals surface area contributed by atoms with Crippen LogP contribution in [0.4, 0.5) is 0 Å². The highest BCUT2D eigenvalue weighted by molar-refractivity contribution is 5.71. The van der Waals surface area contributed by atoms with Crippen LogP contribution in [0.5, 0.6) is 0 Å². The highest BCUT2D eigenvalue weighted by atomic mass is 16.6. The molecule has 0 saturated heterocycles. The molecule has 0 aliphatic carbocycles. The van der Waals surface area contributed by atoms with Crippen LogP contribution in [0, 0.1) is 0 Å². The van der Waals surface area contributed by atoms with Gasteiger partial charge in [-0.1, -0.05) is 296 Å². The Balaban J connectivity index is 4.38. The van der Waals surface area contributed by atoms with Gasteiger partial charge in [-0.3, -0.25) is 14.4 Å². The quantitative estimate of drug-likeness (QED) is 0.0261. The van der Waals surface area contributed by atoms with Crippen LogP contribution in [0.15, 0.2) is 122 Å². The van der Waals surface area contributed by atoms with Crippen molar-refractivity contribution in [3.8, 4) is 0 Å². The zero-order chi connectivity index (χ0) is 57.1. The van der Waals surface area contributed by atoms with Crippen molar-refractivity contribution < 1.29 is 28.6 Å². The third-order valence-electron chi connectivity index (χ3n) is 14.0. The highest BCUT2D eigenvalue weighted by Crippen LogP contribution is 2.17. The molecule has 0 fully saturated rings. The topological polar surface area (TPSA) is 78.9 Å². The SMILES string of the molecule is CC/C=C\C/C=C\C/C=C\C/C=C\C/C=C\C/C=C\C/C=C\CCCCCCCC(=O)OCC(COC(=O)CCCCC/C=C\C/C=C\C/C=C\CC)OC(=O)CCCCCCCCCCCCCCCCCCCCCCC. The van der Waals surface area contributed by atoms with Gasteiger partial charge in [0.25, 0.3) is 0 Å². The van der Waals surface area contributed by atoms with E-state index in [4.69, 9.17) is 14.2 Å². The van der Waals surface area contributed by atoms with E-state index >= 15 is 0 Å². The van der Waals surface area contributed by atoms with Gasteiger partial charge in [0.1, 0.15) is 13.2 Å². The predicted molar refractivity (Wildman–Crippen MR) is 343 cm³/mol. The minimum atomic E-state index is -0.801. The molecule has 0 N–H and O–H groups in total. The lowest BCUT2D eigenvalue weighted by Crippen LogP contribution is -2.30. The van der Waals surface area contributed by atoms with E-state index in [-0.39, 0.29) is 31.1 Å². The molecule has 0 heterocycles. The van der Waals surface area contributed by atoms with Gasteiger partial charge in [-0.05, 0) is 109 Å². The molecule has 0 aliphatic heterocycles. The second-order valence-electron chi connectivity index (χ2n) is 21.6. The third-order valence-corrected chi connectivity index (χ3v) is 14.0. The number of unbranched alkanes of at least 4 members (excludes halogenated alkanes) is 28. The molecule has 0 saturated carbocycles. The lowest BCUT2D eigenvalue weighted by atomic mass is 10.0. The number of carbonyl (C=O) groups is 3. The van der Waals surface area contributed by atoms with Gasteiger partial charge in [-0.2, -0.15) is 0 Å². The number of esters is 3. The van der Waals surface area contributed by atoms with E-state index in [0.29, 0.717) is 19.3 Å². The lowest BCUT2D eigenvalue weighted by molar-refractivity contribution is -0.167. The minimum absolute atomic E-state index is 0.0982. The van der Waals surface area contributed by atoms with E-state index in [1.54, 1.807) is 0 Å². The van der Waals surface area contributed by atoms with E-state index < -0.39 is 6.10 Å². The Kier molecular flexibility index (Phi) is 62.8. The van der Waals surface area contributed by atoms with E-state index in [2.05, 4.69) is 142 Å². The van der Waals surface area contributed by atoms with Gasteiger partial charge in [-0.25, -0.2) is 0 Å². The van der Waals surface area contributed by atoms with Crippen LogP contribution in [-0.4, -0.2) is 37.2 Å². The highest BCUT2D eigenvalue weighted by Gasteiger charge is 2.19. The number of rotatable bonds is 59. The smallest absolute Gasteiger partial charge is 0.306 e. The first-order chi connectivity index (χ1) is 39.0. The average molecular weight is 1100 g/mol. The summed E-state index contributed by atoms with van der Waals surface area (Å²) >= 11 is 0. The zero-order valence-corrected chi connectivity index (χ0v) is 51.6. The van der Waals surface area contributed by atoms with E-state index in [1.165, 1.54) is 116 Å². The van der Waals surface area contributed by atoms with Crippen molar-refractivity contribution in [1.82, 2.24) is 0 Å². The third kappa shape index (κ3) is 64.5. The number of ether oxygens (including phenoxy) is 3. The molecule has 0 rings (SSSR count). The fourth-order valence-electron chi connectivity index (χ4n) is 9.09. The molecule has 0 aromatic heterocycles. The van der Waals surface area contributed by atoms with Crippen LogP contribution in [0.2, 0.25) is 0 Å². The molecular formula is C73H122O6. The van der Waals surface area contributed by atoms with Crippen LogP contribution in [0.1, 0.15) is 303 Å². The zero-order valence-electron chi connectivity index (χ0n) is 51.6. The molecule has 450 valence electrons. The number of hydrogen-bond acceptors (Lipinski definition) is 6. The second-order valence-corrected chi connectivity index (χ2v) is 21.6. The van der Waals surface area contributed by atoms with Crippen molar-refractivity contribution in [3.05, 3.63) is 122 Å². The summed E-state index contributed by atoms with van der Waals surface area (Å²) < 4.78 is 16.9. The molecule has 0 aliphatic rings. The van der Waals surface area contributed by atoms with Crippen molar-refractivity contribution in [2.45, 2.75) is 309 Å². The maximum absolute atomic E-state index is 12.9. The largest absolute Gasteiger partial charge is 0.462 e. The minimum Gasteiger partial charge on any atom is -0.462 e. The molecule has 6 nitrogen and oxygen atoms in total. The fraction of sp³-hybridized carbons (Fsp3) is 0.685. The number of hydrogen-bond donors (Lipinski definition) is 0. The van der Waals surface area contributed by atoms with Crippen molar-refractivity contribution in [2.24, 2.45) is 0 Å². The molecule has 0 radical (unpaired) electrons. The summed E-state index contributed by atoms with van der Waals surface area (Å²) in [5, 5.41) is 0. The Labute approximate surface area is 488 Å². The fourth-order valence-corrected chi connectivity index (χ4v) is 9.09. The molecule has 0 aromatic carbocycles. The van der Waals surface area contributed by atoms with Crippen molar-refractivity contribution >= 4 is 17.9 Å². The maximum atomic E-state index is 12.9. The number of carbonyl (C=O) groups excluding carboxylic acids is 3. The summed E-state index contributed by atoms with van der Waals surface area (Å²) in [5.41, 5.74) is 0. The summed E-state index contributed by atoms with van der Waals surface area (Å²) in [7, 11) is 0. The van der Waals surface area contributed by atoms with E-state index in [9.17, 15) is 14.4 Å². The molecule has 0 spiro atoms. The van der Waals surface area contributed by atoms with Crippen LogP contribution in [-0.2, 0) is 28.6 Å². The van der Waals surface area contributed by atoms with Crippen molar-refractivity contribution in [2.75, 3.05) is 13.2 Å². The maximum Gasteiger partial charge on any atom is 0.306 e. The Bertz CT molecular complexity index is 1640. The average Bonchev–Trinajstić information content (AvgIpc) is 3.45. The van der Waals surface area contributed by atoms with Crippen molar-refractivity contribution in [1.29, 1.82) is 0 Å². The first-order valence-corrected chi connectivity index (χ1v) is 33.0. The first kappa shape index (κ1) is 74.8. The molecule has 1 unspecified atom stereocenters. The summed E-state index contributed by atoms with van der Waals surface area (Å²) in [6.45, 7) is 6.40. The van der Waals surface area contributed by atoms with E-state index in [1.807, 2.05) is 0 Å². The summed E-state index contributed by atoms with van der Waals surface area (Å²) in [6.07, 6.45) is 92.1. The Morgan fingerprint density at radius 1 is 0.266 bits per heavy atom. The first-order valence-electron chi connectivity index (χ1n) is 33.0. The second kappa shape index (κ2) is 66.3. The standard InChI is InChI=1S/C73H122O6/c1-4-7-10-13-16-19-22-25-27-29-31-33-34-35-36-37-38-40-41-43-45-48-51-54-57-60-63-66-72(75)78-69-70(68-77-71(74)65-62-59-56-53-50-47-24-21-18-15-12-9-6-3)79-73(76)67-64-61-58-55-52-49-46-44-42-39-32-30-28-26-23-20-17-14-11-8-5-2/h7,9-10,12,16,18-19,21,25,27,31,33,35-36,38,40,43,45,47,50,70H,4-6,8,11,13-15,17,20,22-24,26,28-30,32,34,37,39,41-42,44,46,48-49,51-69H2,1-3H3/b10-7-,12-9-,19-16-,21-18-,27-25-,33-31-,36-35-,40-38-,45-43-,50-47-. The predicted octanol–water partition coefficient (Wildman–Crippen LogP) is 22.8. The van der Waals surface area contributed by atoms with Gasteiger partial charge in [0, 0.05) is 19.3 Å². The molecule has 0 bridgehead atoms. The van der Waals surface area contributed by atoms with Gasteiger partial charge in [0.15, 0.2) is 6.10 Å². The Hall–Kier alpha value is -4.19. The Morgan fingerprint density at radius 2 is 0.494 bits per heavy atom. The summed E-state index contributed by atoms with van der Waals surface area (Å²) in [4.78, 5) is 38.3. The monoisotopic (exact) mass is 1090 g/mol. The normalized spacial score (nSPS) is 12.9. The van der Waals surface area contributed by atoms with Crippen LogP contribution >= 0.6 is 0 Å². The molecular weight excluding hydrogens is 973 g/mol. The van der Waals surface area contributed by atoms with Crippen LogP contribution < -0.4 is 0 Å². The van der Waals surface area contributed by atoms with Crippen LogP contribution in [0.3, 0.4) is 0 Å². The van der Waals surface area contributed by atoms with Gasteiger partial charge in [0.05, 0.1) is 0 Å². The molecule has 0 amide bonds. The van der Waals surface area contributed by atoms with E-state index in [0.717, 1.165) is 148 Å². The molecule has 79 heavy (non-hydrogen) atoms. The van der Waals surface area contributed by atoms with Gasteiger partial charge in [-0.15, -0.1) is 0 Å². The molecule has 1 atom stereocenters. The number of allylic oxidation sites excluding steroid dienone is 20. The van der Waals surface area contributed by atoms with Gasteiger partial charge in [0.2, 0.25) is 0 Å². The molecule has 6 heteroatoms. The van der Waals surface area contributed by atoms with Crippen LogP contribution in [0.25, 0.3) is 0 Å². The molecule has 0 aromatic rings. The summed E-state index contributed by atoms with van der Waals surface area (Å²) in [6, 6.07) is 0. The Morgan fingerprint density at radius 3 is 0.785 bits per heavy atom. The van der Waals surface area contributed by atoms with Gasteiger partial charge < -0.3 is 14.2 Å². The van der Waals surface area contributed by atoms with Gasteiger partial charge >= 0.3 is 17.9 Å².